The molecule has 1 aliphatic rings. The molecule has 1 radical (unpaired) electrons. The first-order valence-electron chi connectivity index (χ1n) is 5.28. The van der Waals surface area contributed by atoms with Gasteiger partial charge in [-0.2, -0.15) is 0 Å². The predicted molar refractivity (Wildman–Crippen MR) is 59.2 cm³/mol. The van der Waals surface area contributed by atoms with Gasteiger partial charge in [0.15, 0.2) is 0 Å². The Kier molecular flexibility index (Phi) is 3.36. The number of anilines is 1. The maximum atomic E-state index is 11.0. The molecule has 0 spiro atoms. The van der Waals surface area contributed by atoms with E-state index in [0.29, 0.717) is 6.61 Å². The fourth-order valence-electron chi connectivity index (χ4n) is 1.67. The number of rotatable bonds is 2. The predicted octanol–water partition coefficient (Wildman–Crippen LogP) is 0.207. The van der Waals surface area contributed by atoms with Crippen LogP contribution in [-0.4, -0.2) is 37.2 Å². The standard InChI is InChI=1S/C11H14N3O2/c12-11(15)10-8-9(2-3-13-10)14-4-1-6-16-7-5-14/h2-3H,1,4-7H2,(H2,12,15). The molecule has 85 valence electrons. The smallest absolute Gasteiger partial charge is 0.268 e. The maximum absolute atomic E-state index is 11.0. The lowest BCUT2D eigenvalue weighted by atomic mass is 10.2. The molecular formula is C11H14N3O2. The number of nitrogens with zero attached hydrogens (tertiary/aromatic N) is 2. The van der Waals surface area contributed by atoms with E-state index in [1.54, 1.807) is 6.20 Å². The summed E-state index contributed by atoms with van der Waals surface area (Å²) in [5.41, 5.74) is 6.21. The van der Waals surface area contributed by atoms with Crippen molar-refractivity contribution in [3.05, 3.63) is 24.0 Å². The van der Waals surface area contributed by atoms with Gasteiger partial charge in [0.2, 0.25) is 0 Å². The summed E-state index contributed by atoms with van der Waals surface area (Å²) in [7, 11) is 0. The lowest BCUT2D eigenvalue weighted by molar-refractivity contribution is 0.0995. The van der Waals surface area contributed by atoms with E-state index in [4.69, 9.17) is 10.5 Å². The summed E-state index contributed by atoms with van der Waals surface area (Å²) >= 11 is 0. The van der Waals surface area contributed by atoms with Gasteiger partial charge in [-0.1, -0.05) is 0 Å². The number of ether oxygens (including phenoxy) is 1. The van der Waals surface area contributed by atoms with E-state index in [0.717, 1.165) is 31.8 Å². The van der Waals surface area contributed by atoms with Crippen molar-refractivity contribution < 1.29 is 9.53 Å². The highest BCUT2D eigenvalue weighted by Gasteiger charge is 2.12. The van der Waals surface area contributed by atoms with Gasteiger partial charge in [0.25, 0.3) is 5.91 Å². The Morgan fingerprint density at radius 3 is 3.19 bits per heavy atom. The minimum Gasteiger partial charge on any atom is -0.380 e. The number of carbonyl (C=O) groups is 1. The molecule has 1 aliphatic heterocycles. The topological polar surface area (TPSA) is 68.5 Å². The van der Waals surface area contributed by atoms with Gasteiger partial charge in [-0.15, -0.1) is 0 Å². The molecule has 1 saturated heterocycles. The van der Waals surface area contributed by atoms with Crippen molar-refractivity contribution in [1.29, 1.82) is 0 Å². The number of hydrogen-bond donors (Lipinski definition) is 1. The second-order valence-electron chi connectivity index (χ2n) is 3.62. The third-order valence-electron chi connectivity index (χ3n) is 2.48. The molecular weight excluding hydrogens is 206 g/mol. The van der Waals surface area contributed by atoms with Gasteiger partial charge in [0, 0.05) is 37.6 Å². The van der Waals surface area contributed by atoms with Gasteiger partial charge in [0.05, 0.1) is 6.61 Å². The van der Waals surface area contributed by atoms with Crippen LogP contribution in [-0.2, 0) is 4.74 Å². The number of primary amides is 1. The highest BCUT2D eigenvalue weighted by atomic mass is 16.5. The number of amides is 1. The van der Waals surface area contributed by atoms with Gasteiger partial charge in [0.1, 0.15) is 5.69 Å². The number of hydrogen-bond acceptors (Lipinski definition) is 4. The van der Waals surface area contributed by atoms with Crippen molar-refractivity contribution in [2.75, 3.05) is 31.2 Å². The van der Waals surface area contributed by atoms with Crippen LogP contribution < -0.4 is 10.6 Å². The van der Waals surface area contributed by atoms with Crippen molar-refractivity contribution in [2.45, 2.75) is 6.42 Å². The fraction of sp³-hybridized carbons (Fsp3) is 0.455. The van der Waals surface area contributed by atoms with Crippen LogP contribution in [0.5, 0.6) is 0 Å². The molecule has 0 unspecified atom stereocenters. The summed E-state index contributed by atoms with van der Waals surface area (Å²) < 4.78 is 5.36. The first-order chi connectivity index (χ1) is 7.77. The van der Waals surface area contributed by atoms with Crippen LogP contribution in [0.4, 0.5) is 5.69 Å². The van der Waals surface area contributed by atoms with Crippen LogP contribution in [0, 0.1) is 6.07 Å². The molecule has 2 heterocycles. The first kappa shape index (κ1) is 10.9. The van der Waals surface area contributed by atoms with Crippen LogP contribution in [0.25, 0.3) is 0 Å². The van der Waals surface area contributed by atoms with E-state index in [1.165, 1.54) is 0 Å². The summed E-state index contributed by atoms with van der Waals surface area (Å²) in [6.07, 6.45) is 2.56. The van der Waals surface area contributed by atoms with E-state index in [9.17, 15) is 4.79 Å². The SMILES string of the molecule is NC(=O)c1[c]c(N2CCCOCC2)ccn1. The maximum Gasteiger partial charge on any atom is 0.268 e. The zero-order valence-corrected chi connectivity index (χ0v) is 8.98. The molecule has 1 aromatic rings. The third kappa shape index (κ3) is 2.49. The van der Waals surface area contributed by atoms with Crippen LogP contribution in [0.2, 0.25) is 0 Å². The van der Waals surface area contributed by atoms with Crippen LogP contribution >= 0.6 is 0 Å². The number of carbonyl (C=O) groups excluding carboxylic acids is 1. The van der Waals surface area contributed by atoms with Crippen molar-refractivity contribution >= 4 is 11.6 Å². The van der Waals surface area contributed by atoms with Crippen molar-refractivity contribution in [3.63, 3.8) is 0 Å². The average molecular weight is 220 g/mol. The first-order valence-corrected chi connectivity index (χ1v) is 5.28. The Labute approximate surface area is 94.2 Å². The zero-order chi connectivity index (χ0) is 11.4. The molecule has 2 rings (SSSR count). The number of nitrogens with two attached hydrogens (primary N) is 1. The summed E-state index contributed by atoms with van der Waals surface area (Å²) in [6.45, 7) is 3.18. The Morgan fingerprint density at radius 1 is 1.50 bits per heavy atom. The van der Waals surface area contributed by atoms with Crippen molar-refractivity contribution in [3.8, 4) is 0 Å². The minimum atomic E-state index is -0.548. The third-order valence-corrected chi connectivity index (χ3v) is 2.48. The molecule has 0 atom stereocenters. The Balaban J connectivity index is 2.18. The molecule has 5 nitrogen and oxygen atoms in total. The second kappa shape index (κ2) is 4.94. The molecule has 0 aromatic carbocycles. The fourth-order valence-corrected chi connectivity index (χ4v) is 1.67. The molecule has 0 bridgehead atoms. The van der Waals surface area contributed by atoms with E-state index in [2.05, 4.69) is 16.0 Å². The normalized spacial score (nSPS) is 16.9. The quantitative estimate of drug-likeness (QED) is 0.773. The lowest BCUT2D eigenvalue weighted by Gasteiger charge is -2.21. The monoisotopic (exact) mass is 220 g/mol. The Hall–Kier alpha value is -1.62. The van der Waals surface area contributed by atoms with Crippen LogP contribution in [0.1, 0.15) is 16.9 Å². The van der Waals surface area contributed by atoms with Gasteiger partial charge in [-0.05, 0) is 12.5 Å². The molecule has 1 aromatic heterocycles. The van der Waals surface area contributed by atoms with E-state index in [-0.39, 0.29) is 5.69 Å². The summed E-state index contributed by atoms with van der Waals surface area (Å²) in [5, 5.41) is 0. The van der Waals surface area contributed by atoms with Gasteiger partial charge < -0.3 is 15.4 Å². The largest absolute Gasteiger partial charge is 0.380 e. The molecule has 0 aliphatic carbocycles. The molecule has 1 fully saturated rings. The van der Waals surface area contributed by atoms with Crippen LogP contribution in [0.3, 0.4) is 0 Å². The molecule has 16 heavy (non-hydrogen) atoms. The Bertz CT molecular complexity index is 373. The van der Waals surface area contributed by atoms with Gasteiger partial charge in [-0.25, -0.2) is 0 Å². The number of aromatic nitrogens is 1. The average Bonchev–Trinajstić information content (AvgIpc) is 2.57. The van der Waals surface area contributed by atoms with Gasteiger partial charge in [-0.3, -0.25) is 9.78 Å². The lowest BCUT2D eigenvalue weighted by Crippen LogP contribution is -2.26. The minimum absolute atomic E-state index is 0.183. The van der Waals surface area contributed by atoms with E-state index in [1.807, 2.05) is 6.07 Å². The summed E-state index contributed by atoms with van der Waals surface area (Å²) in [5.74, 6) is -0.548. The summed E-state index contributed by atoms with van der Waals surface area (Å²) in [4.78, 5) is 17.0. The second-order valence-corrected chi connectivity index (χ2v) is 3.62. The zero-order valence-electron chi connectivity index (χ0n) is 8.98. The highest BCUT2D eigenvalue weighted by Crippen LogP contribution is 2.15. The number of pyridine rings is 1. The highest BCUT2D eigenvalue weighted by molar-refractivity contribution is 5.91. The summed E-state index contributed by atoms with van der Waals surface area (Å²) in [6, 6.07) is 4.76. The van der Waals surface area contributed by atoms with E-state index < -0.39 is 5.91 Å². The van der Waals surface area contributed by atoms with Crippen LogP contribution in [0.15, 0.2) is 12.3 Å². The molecule has 5 heteroatoms. The molecule has 0 saturated carbocycles. The Morgan fingerprint density at radius 2 is 2.38 bits per heavy atom. The molecule has 1 amide bonds. The van der Waals surface area contributed by atoms with E-state index >= 15 is 0 Å². The van der Waals surface area contributed by atoms with Crippen molar-refractivity contribution in [2.24, 2.45) is 5.73 Å². The van der Waals surface area contributed by atoms with Gasteiger partial charge >= 0.3 is 0 Å². The molecule has 2 N–H and O–H groups in total. The van der Waals surface area contributed by atoms with Crippen molar-refractivity contribution in [1.82, 2.24) is 4.98 Å².